The number of ether oxygens (including phenoxy) is 2. The topological polar surface area (TPSA) is 47.6 Å². The van der Waals surface area contributed by atoms with E-state index in [4.69, 9.17) is 9.47 Å². The van der Waals surface area contributed by atoms with Gasteiger partial charge in [-0.3, -0.25) is 4.79 Å². The first-order chi connectivity index (χ1) is 11.9. The Morgan fingerprint density at radius 1 is 1.04 bits per heavy atom. The average molecular weight is 341 g/mol. The fourth-order valence-electron chi connectivity index (χ4n) is 2.41. The summed E-state index contributed by atoms with van der Waals surface area (Å²) in [5, 5.41) is 2.92. The van der Waals surface area contributed by atoms with Crippen molar-refractivity contribution in [3.63, 3.8) is 0 Å². The number of benzene rings is 2. The molecule has 0 fully saturated rings. The van der Waals surface area contributed by atoms with Gasteiger partial charge in [0.05, 0.1) is 11.8 Å². The van der Waals surface area contributed by atoms with Crippen LogP contribution in [-0.2, 0) is 4.79 Å². The third-order valence-corrected chi connectivity index (χ3v) is 3.93. The lowest BCUT2D eigenvalue weighted by Crippen LogP contribution is -2.32. The molecular weight excluding hydrogens is 314 g/mol. The highest BCUT2D eigenvalue weighted by Crippen LogP contribution is 2.26. The van der Waals surface area contributed by atoms with Gasteiger partial charge in [-0.25, -0.2) is 0 Å². The second-order valence-electron chi connectivity index (χ2n) is 6.41. The third kappa shape index (κ3) is 5.24. The van der Waals surface area contributed by atoms with Crippen LogP contribution in [0.25, 0.3) is 0 Å². The molecule has 0 saturated heterocycles. The predicted molar refractivity (Wildman–Crippen MR) is 101 cm³/mol. The van der Waals surface area contributed by atoms with Gasteiger partial charge in [0.2, 0.25) is 0 Å². The van der Waals surface area contributed by atoms with Crippen molar-refractivity contribution in [2.45, 2.75) is 53.2 Å². The van der Waals surface area contributed by atoms with Gasteiger partial charge in [-0.1, -0.05) is 25.1 Å². The van der Waals surface area contributed by atoms with Gasteiger partial charge in [-0.2, -0.15) is 0 Å². The standard InChI is InChI=1S/C21H27NO3/c1-6-19(25-17-12-11-15(4)16(5)13-17)21(23)22-18-9-7-8-10-20(18)24-14(2)3/h7-14,19H,6H2,1-5H3,(H,22,23). The Bertz CT molecular complexity index is 725. The number of nitrogens with one attached hydrogen (secondary N) is 1. The zero-order chi connectivity index (χ0) is 18.4. The van der Waals surface area contributed by atoms with E-state index in [1.165, 1.54) is 5.56 Å². The number of para-hydroxylation sites is 2. The third-order valence-electron chi connectivity index (χ3n) is 3.93. The normalized spacial score (nSPS) is 11.9. The first-order valence-corrected chi connectivity index (χ1v) is 8.71. The number of carbonyl (C=O) groups is 1. The fourth-order valence-corrected chi connectivity index (χ4v) is 2.41. The molecule has 0 aliphatic rings. The molecule has 4 heteroatoms. The van der Waals surface area contributed by atoms with Crippen molar-refractivity contribution in [2.75, 3.05) is 5.32 Å². The van der Waals surface area contributed by atoms with Crippen molar-refractivity contribution in [2.24, 2.45) is 0 Å². The van der Waals surface area contributed by atoms with Gasteiger partial charge in [0.15, 0.2) is 6.10 Å². The molecule has 4 nitrogen and oxygen atoms in total. The lowest BCUT2D eigenvalue weighted by Gasteiger charge is -2.20. The lowest BCUT2D eigenvalue weighted by molar-refractivity contribution is -0.122. The van der Waals surface area contributed by atoms with Crippen LogP contribution in [0.5, 0.6) is 11.5 Å². The summed E-state index contributed by atoms with van der Waals surface area (Å²) >= 11 is 0. The number of carbonyl (C=O) groups excluding carboxylic acids is 1. The van der Waals surface area contributed by atoms with Crippen molar-refractivity contribution in [3.05, 3.63) is 53.6 Å². The Morgan fingerprint density at radius 3 is 2.40 bits per heavy atom. The Labute approximate surface area is 150 Å². The minimum absolute atomic E-state index is 0.0341. The maximum atomic E-state index is 12.6. The van der Waals surface area contributed by atoms with E-state index in [-0.39, 0.29) is 12.0 Å². The molecule has 2 aromatic rings. The van der Waals surface area contributed by atoms with Crippen LogP contribution in [-0.4, -0.2) is 18.1 Å². The lowest BCUT2D eigenvalue weighted by atomic mass is 10.1. The Hall–Kier alpha value is -2.49. The molecule has 0 spiro atoms. The van der Waals surface area contributed by atoms with Crippen molar-refractivity contribution in [3.8, 4) is 11.5 Å². The van der Waals surface area contributed by atoms with Crippen LogP contribution in [0.2, 0.25) is 0 Å². The van der Waals surface area contributed by atoms with Gasteiger partial charge in [-0.15, -0.1) is 0 Å². The molecule has 1 unspecified atom stereocenters. The zero-order valence-corrected chi connectivity index (χ0v) is 15.6. The summed E-state index contributed by atoms with van der Waals surface area (Å²) in [6, 6.07) is 13.3. The summed E-state index contributed by atoms with van der Waals surface area (Å²) in [6.45, 7) is 9.92. The van der Waals surface area contributed by atoms with E-state index < -0.39 is 6.10 Å². The summed E-state index contributed by atoms with van der Waals surface area (Å²) in [5.74, 6) is 1.18. The van der Waals surface area contributed by atoms with Crippen LogP contribution in [0.1, 0.15) is 38.3 Å². The van der Waals surface area contributed by atoms with Gasteiger partial charge in [0.1, 0.15) is 11.5 Å². The minimum Gasteiger partial charge on any atom is -0.489 e. The van der Waals surface area contributed by atoms with Crippen LogP contribution in [0.4, 0.5) is 5.69 Å². The van der Waals surface area contributed by atoms with Gasteiger partial charge < -0.3 is 14.8 Å². The molecule has 2 rings (SSSR count). The molecule has 0 saturated carbocycles. The second-order valence-corrected chi connectivity index (χ2v) is 6.41. The van der Waals surface area contributed by atoms with Gasteiger partial charge in [0, 0.05) is 0 Å². The molecule has 2 aromatic carbocycles. The molecule has 0 aromatic heterocycles. The second kappa shape index (κ2) is 8.56. The number of anilines is 1. The highest BCUT2D eigenvalue weighted by atomic mass is 16.5. The van der Waals surface area contributed by atoms with Crippen molar-refractivity contribution in [1.29, 1.82) is 0 Å². The number of aryl methyl sites for hydroxylation is 2. The molecule has 0 bridgehead atoms. The van der Waals surface area contributed by atoms with Crippen LogP contribution in [0.15, 0.2) is 42.5 Å². The molecule has 25 heavy (non-hydrogen) atoms. The maximum Gasteiger partial charge on any atom is 0.265 e. The molecule has 0 aliphatic carbocycles. The molecule has 1 atom stereocenters. The van der Waals surface area contributed by atoms with E-state index in [0.717, 1.165) is 5.56 Å². The molecule has 0 heterocycles. The quantitative estimate of drug-likeness (QED) is 0.780. The molecule has 1 amide bonds. The van der Waals surface area contributed by atoms with Crippen molar-refractivity contribution < 1.29 is 14.3 Å². The SMILES string of the molecule is CCC(Oc1ccc(C)c(C)c1)C(=O)Nc1ccccc1OC(C)C. The Balaban J connectivity index is 2.11. The number of hydrogen-bond donors (Lipinski definition) is 1. The zero-order valence-electron chi connectivity index (χ0n) is 15.6. The van der Waals surface area contributed by atoms with E-state index in [1.54, 1.807) is 0 Å². The summed E-state index contributed by atoms with van der Waals surface area (Å²) in [4.78, 5) is 12.6. The van der Waals surface area contributed by atoms with Crippen LogP contribution in [0, 0.1) is 13.8 Å². The number of rotatable bonds is 7. The molecule has 0 aliphatic heterocycles. The van der Waals surface area contributed by atoms with E-state index in [0.29, 0.717) is 23.6 Å². The smallest absolute Gasteiger partial charge is 0.265 e. The van der Waals surface area contributed by atoms with E-state index in [1.807, 2.05) is 70.2 Å². The minimum atomic E-state index is -0.561. The highest BCUT2D eigenvalue weighted by molar-refractivity contribution is 5.95. The fraction of sp³-hybridized carbons (Fsp3) is 0.381. The molecule has 134 valence electrons. The first-order valence-electron chi connectivity index (χ1n) is 8.71. The Kier molecular flexibility index (Phi) is 6.45. The predicted octanol–water partition coefficient (Wildman–Crippen LogP) is 4.89. The maximum absolute atomic E-state index is 12.6. The van der Waals surface area contributed by atoms with Crippen molar-refractivity contribution >= 4 is 11.6 Å². The van der Waals surface area contributed by atoms with Gasteiger partial charge >= 0.3 is 0 Å². The largest absolute Gasteiger partial charge is 0.489 e. The van der Waals surface area contributed by atoms with E-state index in [9.17, 15) is 4.79 Å². The highest BCUT2D eigenvalue weighted by Gasteiger charge is 2.20. The first kappa shape index (κ1) is 18.8. The van der Waals surface area contributed by atoms with Crippen LogP contribution >= 0.6 is 0 Å². The monoisotopic (exact) mass is 341 g/mol. The van der Waals surface area contributed by atoms with Gasteiger partial charge in [0.25, 0.3) is 5.91 Å². The van der Waals surface area contributed by atoms with Gasteiger partial charge in [-0.05, 0) is 69.5 Å². The summed E-state index contributed by atoms with van der Waals surface area (Å²) < 4.78 is 11.7. The summed E-state index contributed by atoms with van der Waals surface area (Å²) in [7, 11) is 0. The van der Waals surface area contributed by atoms with Crippen LogP contribution in [0.3, 0.4) is 0 Å². The molecular formula is C21H27NO3. The average Bonchev–Trinajstić information content (AvgIpc) is 2.57. The number of amides is 1. The number of hydrogen-bond acceptors (Lipinski definition) is 3. The van der Waals surface area contributed by atoms with Crippen LogP contribution < -0.4 is 14.8 Å². The summed E-state index contributed by atoms with van der Waals surface area (Å²) in [5.41, 5.74) is 3.00. The van der Waals surface area contributed by atoms with E-state index in [2.05, 4.69) is 12.2 Å². The van der Waals surface area contributed by atoms with Crippen molar-refractivity contribution in [1.82, 2.24) is 0 Å². The summed E-state index contributed by atoms with van der Waals surface area (Å²) in [6.07, 6.45) is 0.0485. The van der Waals surface area contributed by atoms with E-state index >= 15 is 0 Å². The Morgan fingerprint density at radius 2 is 1.76 bits per heavy atom. The molecule has 0 radical (unpaired) electrons. The molecule has 1 N–H and O–H groups in total.